The Kier molecular flexibility index (Phi) is 6.23. The van der Waals surface area contributed by atoms with Gasteiger partial charge in [0.05, 0.1) is 6.42 Å². The highest BCUT2D eigenvalue weighted by Gasteiger charge is 2.21. The van der Waals surface area contributed by atoms with Gasteiger partial charge in [-0.15, -0.1) is 0 Å². The van der Waals surface area contributed by atoms with Crippen molar-refractivity contribution in [2.45, 2.75) is 26.0 Å². The van der Waals surface area contributed by atoms with Gasteiger partial charge in [0.25, 0.3) is 0 Å². The lowest BCUT2D eigenvalue weighted by Gasteiger charge is -2.28. The number of fused-ring (bicyclic) bond motifs is 1. The van der Waals surface area contributed by atoms with Crippen LogP contribution in [0.15, 0.2) is 54.6 Å². The van der Waals surface area contributed by atoms with Crippen molar-refractivity contribution in [3.8, 4) is 17.0 Å². The second-order valence-corrected chi connectivity index (χ2v) is 7.54. The van der Waals surface area contributed by atoms with Gasteiger partial charge in [-0.05, 0) is 53.6 Å². The number of ether oxygens (including phenoxy) is 1. The van der Waals surface area contributed by atoms with Crippen molar-refractivity contribution in [1.82, 2.24) is 9.88 Å². The van der Waals surface area contributed by atoms with Crippen LogP contribution in [-0.4, -0.2) is 34.0 Å². The summed E-state index contributed by atoms with van der Waals surface area (Å²) in [6.45, 7) is 1.88. The summed E-state index contributed by atoms with van der Waals surface area (Å²) in [7, 11) is 0. The first-order chi connectivity index (χ1) is 15.0. The fraction of sp³-hybridized carbons (Fsp3) is 0.250. The third-order valence-corrected chi connectivity index (χ3v) is 5.27. The summed E-state index contributed by atoms with van der Waals surface area (Å²) < 4.78 is 33.7. The molecule has 0 aliphatic carbocycles. The van der Waals surface area contributed by atoms with Gasteiger partial charge in [-0.1, -0.05) is 12.1 Å². The molecule has 2 aromatic carbocycles. The number of halogens is 2. The highest BCUT2D eigenvalue weighted by atomic mass is 19.1. The van der Waals surface area contributed by atoms with Crippen LogP contribution in [0.3, 0.4) is 0 Å². The lowest BCUT2D eigenvalue weighted by Crippen LogP contribution is -2.33. The van der Waals surface area contributed by atoms with Crippen LogP contribution in [0.2, 0.25) is 0 Å². The first kappa shape index (κ1) is 20.9. The molecule has 160 valence electrons. The van der Waals surface area contributed by atoms with Crippen LogP contribution in [0, 0.1) is 11.6 Å². The third-order valence-electron chi connectivity index (χ3n) is 5.27. The van der Waals surface area contributed by atoms with Crippen molar-refractivity contribution in [3.63, 3.8) is 0 Å². The largest absolute Gasteiger partial charge is 0.489 e. The molecule has 0 saturated heterocycles. The summed E-state index contributed by atoms with van der Waals surface area (Å²) in [4.78, 5) is 17.3. The van der Waals surface area contributed by atoms with E-state index in [-0.39, 0.29) is 24.5 Å². The summed E-state index contributed by atoms with van der Waals surface area (Å²) in [6.07, 6.45) is 0.716. The first-order valence-corrected chi connectivity index (χ1v) is 10.1. The number of benzene rings is 2. The zero-order valence-electron chi connectivity index (χ0n) is 16.9. The summed E-state index contributed by atoms with van der Waals surface area (Å²) in [5.41, 5.74) is 3.30. The van der Waals surface area contributed by atoms with E-state index in [1.807, 2.05) is 4.90 Å². The Morgan fingerprint density at radius 3 is 2.68 bits per heavy atom. The molecule has 5 nitrogen and oxygen atoms in total. The van der Waals surface area contributed by atoms with E-state index in [2.05, 4.69) is 4.98 Å². The summed E-state index contributed by atoms with van der Waals surface area (Å²) in [5, 5.41) is 8.85. The monoisotopic (exact) mass is 424 g/mol. The number of carbonyl (C=O) groups is 1. The maximum absolute atomic E-state index is 14.8. The normalized spacial score (nSPS) is 13.6. The number of nitrogens with zero attached hydrogens (tertiary/aromatic N) is 2. The number of rotatable bonds is 7. The zero-order chi connectivity index (χ0) is 21.8. The van der Waals surface area contributed by atoms with Gasteiger partial charge in [0.15, 0.2) is 0 Å². The maximum Gasteiger partial charge on any atom is 0.304 e. The minimum absolute atomic E-state index is 0.0664. The molecule has 0 fully saturated rings. The van der Waals surface area contributed by atoms with E-state index in [0.29, 0.717) is 37.4 Å². The first-order valence-electron chi connectivity index (χ1n) is 10.1. The van der Waals surface area contributed by atoms with E-state index in [4.69, 9.17) is 9.84 Å². The Hall–Kier alpha value is -3.32. The minimum atomic E-state index is -0.839. The number of carboxylic acid groups (broad SMARTS) is 1. The average Bonchev–Trinajstić information content (AvgIpc) is 2.76. The molecule has 0 unspecified atom stereocenters. The molecule has 2 heterocycles. The molecule has 0 radical (unpaired) electrons. The topological polar surface area (TPSA) is 62.7 Å². The average molecular weight is 424 g/mol. The number of hydrogen-bond donors (Lipinski definition) is 1. The van der Waals surface area contributed by atoms with Crippen LogP contribution in [-0.2, 0) is 24.4 Å². The van der Waals surface area contributed by atoms with Crippen LogP contribution in [0.4, 0.5) is 8.78 Å². The molecule has 1 aliphatic rings. The molecule has 0 spiro atoms. The second kappa shape index (κ2) is 9.22. The van der Waals surface area contributed by atoms with Crippen molar-refractivity contribution in [1.29, 1.82) is 0 Å². The second-order valence-electron chi connectivity index (χ2n) is 7.54. The molecule has 0 saturated carbocycles. The molecular formula is C24H22F2N2O3. The Morgan fingerprint density at radius 2 is 1.94 bits per heavy atom. The van der Waals surface area contributed by atoms with Crippen molar-refractivity contribution < 1.29 is 23.4 Å². The highest BCUT2D eigenvalue weighted by molar-refractivity contribution is 5.67. The summed E-state index contributed by atoms with van der Waals surface area (Å²) in [6, 6.07) is 14.7. The van der Waals surface area contributed by atoms with Crippen molar-refractivity contribution in [2.24, 2.45) is 0 Å². The molecule has 0 bridgehead atoms. The lowest BCUT2D eigenvalue weighted by atomic mass is 10.0. The molecule has 7 heteroatoms. The van der Waals surface area contributed by atoms with Crippen molar-refractivity contribution >= 4 is 5.97 Å². The van der Waals surface area contributed by atoms with Crippen LogP contribution >= 0.6 is 0 Å². The van der Waals surface area contributed by atoms with Gasteiger partial charge < -0.3 is 9.84 Å². The molecule has 31 heavy (non-hydrogen) atoms. The fourth-order valence-corrected chi connectivity index (χ4v) is 3.65. The minimum Gasteiger partial charge on any atom is -0.489 e. The van der Waals surface area contributed by atoms with E-state index in [9.17, 15) is 13.6 Å². The molecule has 1 N–H and O–H groups in total. The van der Waals surface area contributed by atoms with Gasteiger partial charge in [-0.3, -0.25) is 9.69 Å². The van der Waals surface area contributed by atoms with Gasteiger partial charge in [-0.2, -0.15) is 0 Å². The van der Waals surface area contributed by atoms with E-state index in [1.54, 1.807) is 36.4 Å². The molecule has 1 aliphatic heterocycles. The predicted octanol–water partition coefficient (Wildman–Crippen LogP) is 4.44. The molecule has 4 rings (SSSR count). The van der Waals surface area contributed by atoms with E-state index in [1.165, 1.54) is 18.2 Å². The Morgan fingerprint density at radius 1 is 1.13 bits per heavy atom. The standard InChI is InChI=1S/C24H22F2N2O3/c25-19-3-1-2-16(12-19)15-31-20-6-4-17(5-7-20)24-21(26)13-18-14-28(11-9-23(29)30)10-8-22(18)27-24/h1-7,12-13H,8-11,14-15H2,(H,29,30). The van der Waals surface area contributed by atoms with E-state index in [0.717, 1.165) is 16.8 Å². The van der Waals surface area contributed by atoms with Gasteiger partial charge in [-0.25, -0.2) is 13.8 Å². The third kappa shape index (κ3) is 5.24. The predicted molar refractivity (Wildman–Crippen MR) is 112 cm³/mol. The lowest BCUT2D eigenvalue weighted by molar-refractivity contribution is -0.137. The molecule has 1 aromatic heterocycles. The van der Waals surface area contributed by atoms with Crippen molar-refractivity contribution in [3.05, 3.63) is 83.1 Å². The fourth-order valence-electron chi connectivity index (χ4n) is 3.65. The summed E-state index contributed by atoms with van der Waals surface area (Å²) in [5.74, 6) is -0.961. The number of aliphatic carboxylic acids is 1. The van der Waals surface area contributed by atoms with E-state index < -0.39 is 11.8 Å². The van der Waals surface area contributed by atoms with Gasteiger partial charge in [0.2, 0.25) is 0 Å². The smallest absolute Gasteiger partial charge is 0.304 e. The number of aromatic nitrogens is 1. The number of carboxylic acids is 1. The zero-order valence-corrected chi connectivity index (χ0v) is 16.9. The van der Waals surface area contributed by atoms with Crippen LogP contribution in [0.25, 0.3) is 11.3 Å². The SMILES string of the molecule is O=C(O)CCN1CCc2nc(-c3ccc(OCc4cccc(F)c4)cc3)c(F)cc2C1. The van der Waals surface area contributed by atoms with Gasteiger partial charge in [0, 0.05) is 37.3 Å². The maximum atomic E-state index is 14.8. The van der Waals surface area contributed by atoms with Crippen molar-refractivity contribution in [2.75, 3.05) is 13.1 Å². The number of hydrogen-bond acceptors (Lipinski definition) is 4. The summed E-state index contributed by atoms with van der Waals surface area (Å²) >= 11 is 0. The molecule has 3 aromatic rings. The van der Waals surface area contributed by atoms with Gasteiger partial charge in [0.1, 0.15) is 29.7 Å². The quantitative estimate of drug-likeness (QED) is 0.608. The van der Waals surface area contributed by atoms with Crippen LogP contribution in [0.1, 0.15) is 23.2 Å². The molecule has 0 atom stereocenters. The Balaban J connectivity index is 1.44. The van der Waals surface area contributed by atoms with Crippen LogP contribution < -0.4 is 4.74 Å². The Labute approximate surface area is 178 Å². The van der Waals surface area contributed by atoms with E-state index >= 15 is 0 Å². The van der Waals surface area contributed by atoms with Crippen LogP contribution in [0.5, 0.6) is 5.75 Å². The van der Waals surface area contributed by atoms with Gasteiger partial charge >= 0.3 is 5.97 Å². The Bertz CT molecular complexity index is 1090. The molecule has 0 amide bonds. The molecular weight excluding hydrogens is 402 g/mol. The highest BCUT2D eigenvalue weighted by Crippen LogP contribution is 2.28. The number of pyridine rings is 1.